The minimum absolute atomic E-state index is 0.0294. The lowest BCUT2D eigenvalue weighted by Crippen LogP contribution is -2.49. The summed E-state index contributed by atoms with van der Waals surface area (Å²) in [4.78, 5) is 32.1. The molecule has 2 aliphatic carbocycles. The molecule has 0 spiro atoms. The number of rotatable bonds is 8. The van der Waals surface area contributed by atoms with Crippen LogP contribution in [0.1, 0.15) is 83.5 Å². The van der Waals surface area contributed by atoms with E-state index in [0.29, 0.717) is 48.9 Å². The van der Waals surface area contributed by atoms with Crippen LogP contribution in [0.5, 0.6) is 0 Å². The molecule has 0 aromatic carbocycles. The molecule has 2 saturated carbocycles. The highest BCUT2D eigenvalue weighted by Gasteiger charge is 2.57. The van der Waals surface area contributed by atoms with Crippen molar-refractivity contribution in [3.8, 4) is 11.4 Å². The third-order valence-electron chi connectivity index (χ3n) is 9.17. The van der Waals surface area contributed by atoms with Gasteiger partial charge in [-0.1, -0.05) is 0 Å². The summed E-state index contributed by atoms with van der Waals surface area (Å²) in [5.74, 6) is -2.69. The highest BCUT2D eigenvalue weighted by Crippen LogP contribution is 2.62. The van der Waals surface area contributed by atoms with Crippen molar-refractivity contribution in [3.63, 3.8) is 0 Å². The molecule has 8 nitrogen and oxygen atoms in total. The molecule has 0 saturated heterocycles. The lowest BCUT2D eigenvalue weighted by atomic mass is 9.79. The van der Waals surface area contributed by atoms with Crippen molar-refractivity contribution in [1.82, 2.24) is 19.9 Å². The van der Waals surface area contributed by atoms with E-state index in [1.807, 2.05) is 0 Å². The van der Waals surface area contributed by atoms with Gasteiger partial charge >= 0.3 is 12.3 Å². The first-order chi connectivity index (χ1) is 20.7. The Morgan fingerprint density at radius 2 is 1.51 bits per heavy atom. The van der Waals surface area contributed by atoms with E-state index in [2.05, 4.69) is 19.9 Å². The van der Waals surface area contributed by atoms with E-state index >= 15 is 0 Å². The van der Waals surface area contributed by atoms with E-state index in [1.165, 1.54) is 36.9 Å². The Kier molecular flexibility index (Phi) is 7.95. The fourth-order valence-corrected chi connectivity index (χ4v) is 6.26. The number of carbonyl (C=O) groups is 1. The van der Waals surface area contributed by atoms with Crippen molar-refractivity contribution in [2.24, 2.45) is 5.41 Å². The van der Waals surface area contributed by atoms with Gasteiger partial charge in [0, 0.05) is 66.1 Å². The summed E-state index contributed by atoms with van der Waals surface area (Å²) >= 11 is 0. The van der Waals surface area contributed by atoms with Gasteiger partial charge in [-0.25, -0.2) is 28.5 Å². The Morgan fingerprint density at radius 1 is 0.889 bits per heavy atom. The molecule has 0 unspecified atom stereocenters. The number of aromatic nitrogens is 4. The van der Waals surface area contributed by atoms with Gasteiger partial charge < -0.3 is 9.84 Å². The second-order valence-electron chi connectivity index (χ2n) is 13.5. The fraction of sp³-hybridized carbons (Fsp3) is 0.531. The lowest BCUT2D eigenvalue weighted by Gasteiger charge is -2.35. The number of anilines is 1. The first-order valence-corrected chi connectivity index (χ1v) is 14.7. The van der Waals surface area contributed by atoms with Crippen molar-refractivity contribution in [2.75, 3.05) is 11.4 Å². The molecular weight excluding hydrogens is 597 g/mol. The largest absolute Gasteiger partial charge is 0.433 e. The molecule has 45 heavy (non-hydrogen) atoms. The first kappa shape index (κ1) is 32.6. The van der Waals surface area contributed by atoms with Crippen LogP contribution in [0, 0.1) is 5.41 Å². The lowest BCUT2D eigenvalue weighted by molar-refractivity contribution is -0.243. The zero-order chi connectivity index (χ0) is 33.1. The SMILES string of the molecule is CC(C)(O)c1cnc(-c2ccnc(N(CC34CCC(c5ccc(C(C)(F)F)cn5)(CC3)C4)C(=O)OC(C)(C)C(F)(F)F)c2)nc1. The Labute approximate surface area is 258 Å². The number of fused-ring (bicyclic) bond motifs is 2. The molecule has 5 rings (SSSR count). The van der Waals surface area contributed by atoms with Crippen molar-refractivity contribution >= 4 is 11.9 Å². The zero-order valence-corrected chi connectivity index (χ0v) is 25.8. The molecule has 0 aliphatic heterocycles. The first-order valence-electron chi connectivity index (χ1n) is 14.7. The number of carbonyl (C=O) groups excluding carboxylic acids is 1. The van der Waals surface area contributed by atoms with Crippen molar-refractivity contribution in [3.05, 3.63) is 65.9 Å². The number of pyridine rings is 2. The smallest absolute Gasteiger partial charge is 0.427 e. The zero-order valence-electron chi connectivity index (χ0n) is 25.8. The molecule has 1 amide bonds. The van der Waals surface area contributed by atoms with Crippen LogP contribution in [0.15, 0.2) is 49.1 Å². The number of amides is 1. The summed E-state index contributed by atoms with van der Waals surface area (Å²) in [7, 11) is 0. The molecule has 2 aliphatic rings. The van der Waals surface area contributed by atoms with E-state index in [-0.39, 0.29) is 23.8 Å². The normalized spacial score (nSPS) is 22.0. The van der Waals surface area contributed by atoms with Gasteiger partial charge in [0.15, 0.2) is 5.82 Å². The van der Waals surface area contributed by atoms with E-state index in [9.17, 15) is 31.9 Å². The van der Waals surface area contributed by atoms with Gasteiger partial charge in [0.05, 0.1) is 5.60 Å². The highest BCUT2D eigenvalue weighted by molar-refractivity contribution is 5.87. The number of ether oxygens (including phenoxy) is 1. The van der Waals surface area contributed by atoms with E-state index in [4.69, 9.17) is 4.74 Å². The Balaban J connectivity index is 1.46. The Morgan fingerprint density at radius 3 is 2.04 bits per heavy atom. The molecule has 0 radical (unpaired) electrons. The van der Waals surface area contributed by atoms with Crippen LogP contribution in [0.2, 0.25) is 0 Å². The summed E-state index contributed by atoms with van der Waals surface area (Å²) < 4.78 is 73.9. The maximum absolute atomic E-state index is 13.8. The van der Waals surface area contributed by atoms with Crippen LogP contribution < -0.4 is 4.90 Å². The summed E-state index contributed by atoms with van der Waals surface area (Å²) in [5.41, 5.74) is -3.37. The average molecular weight is 634 g/mol. The Hall–Kier alpha value is -3.74. The van der Waals surface area contributed by atoms with Gasteiger partial charge in [0.2, 0.25) is 5.60 Å². The molecular formula is C32H36F5N5O3. The van der Waals surface area contributed by atoms with Gasteiger partial charge in [-0.15, -0.1) is 0 Å². The van der Waals surface area contributed by atoms with E-state index in [0.717, 1.165) is 25.7 Å². The fourth-order valence-electron chi connectivity index (χ4n) is 6.26. The predicted molar refractivity (Wildman–Crippen MR) is 155 cm³/mol. The molecule has 2 bridgehead atoms. The summed E-state index contributed by atoms with van der Waals surface area (Å²) in [6.07, 6.45) is 2.76. The number of halogens is 5. The van der Waals surface area contributed by atoms with Gasteiger partial charge in [0.1, 0.15) is 5.82 Å². The van der Waals surface area contributed by atoms with Crippen molar-refractivity contribution in [2.45, 2.75) is 95.4 Å². The van der Waals surface area contributed by atoms with Crippen LogP contribution in [-0.2, 0) is 21.7 Å². The maximum atomic E-state index is 13.8. The second-order valence-corrected chi connectivity index (χ2v) is 13.5. The molecule has 2 fully saturated rings. The number of hydrogen-bond acceptors (Lipinski definition) is 7. The monoisotopic (exact) mass is 633 g/mol. The average Bonchev–Trinajstić information content (AvgIpc) is 3.52. The third-order valence-corrected chi connectivity index (χ3v) is 9.17. The quantitative estimate of drug-likeness (QED) is 0.257. The molecule has 3 aromatic heterocycles. The van der Waals surface area contributed by atoms with E-state index in [1.54, 1.807) is 26.0 Å². The topological polar surface area (TPSA) is 101 Å². The molecule has 0 atom stereocenters. The molecule has 1 N–H and O–H groups in total. The van der Waals surface area contributed by atoms with Crippen LogP contribution in [0.3, 0.4) is 0 Å². The highest BCUT2D eigenvalue weighted by atomic mass is 19.4. The van der Waals surface area contributed by atoms with Gasteiger partial charge in [-0.2, -0.15) is 13.2 Å². The molecule has 13 heteroatoms. The minimum atomic E-state index is -4.82. The number of aliphatic hydroxyl groups is 1. The maximum Gasteiger partial charge on any atom is 0.427 e. The summed E-state index contributed by atoms with van der Waals surface area (Å²) in [6, 6.07) is 6.12. The molecule has 242 valence electrons. The van der Waals surface area contributed by atoms with Gasteiger partial charge in [-0.3, -0.25) is 9.88 Å². The summed E-state index contributed by atoms with van der Waals surface area (Å²) in [5, 5.41) is 10.2. The Bertz CT molecular complexity index is 1540. The van der Waals surface area contributed by atoms with Crippen molar-refractivity contribution < 1.29 is 36.6 Å². The molecule has 3 aromatic rings. The van der Waals surface area contributed by atoms with Crippen LogP contribution in [0.25, 0.3) is 11.4 Å². The number of alkyl halides is 5. The standard InChI is InChI=1S/C32H36F5N5O3/c1-27(2,44)22-16-40-25(41-17-22)20-8-13-38-24(14-20)42(26(43)45-28(3,4)32(35,36)37)19-30-9-11-31(18-30,12-10-30)23-7-6-21(15-39-23)29(5,33)34/h6-8,13-17,44H,9-12,18-19H2,1-5H3. The van der Waals surface area contributed by atoms with Crippen LogP contribution >= 0.6 is 0 Å². The van der Waals surface area contributed by atoms with Gasteiger partial charge in [0.25, 0.3) is 5.92 Å². The predicted octanol–water partition coefficient (Wildman–Crippen LogP) is 7.46. The van der Waals surface area contributed by atoms with Crippen LogP contribution in [0.4, 0.5) is 32.6 Å². The summed E-state index contributed by atoms with van der Waals surface area (Å²) in [6.45, 7) is 5.60. The van der Waals surface area contributed by atoms with Crippen molar-refractivity contribution in [1.29, 1.82) is 0 Å². The third kappa shape index (κ3) is 6.49. The molecule has 3 heterocycles. The van der Waals surface area contributed by atoms with Gasteiger partial charge in [-0.05, 0) is 89.5 Å². The van der Waals surface area contributed by atoms with E-state index < -0.39 is 40.2 Å². The minimum Gasteiger partial charge on any atom is -0.433 e. The number of nitrogens with zero attached hydrogens (tertiary/aromatic N) is 5. The second kappa shape index (κ2) is 11.0. The van der Waals surface area contributed by atoms with Crippen LogP contribution in [-0.4, -0.2) is 49.5 Å². The number of hydrogen-bond donors (Lipinski definition) is 1.